The molecular weight excluding hydrogens is 331 g/mol. The van der Waals surface area contributed by atoms with Gasteiger partial charge in [0.1, 0.15) is 5.82 Å². The van der Waals surface area contributed by atoms with E-state index in [9.17, 15) is 4.39 Å². The van der Waals surface area contributed by atoms with E-state index in [4.69, 9.17) is 0 Å². The van der Waals surface area contributed by atoms with Gasteiger partial charge in [-0.25, -0.2) is 4.39 Å². The van der Waals surface area contributed by atoms with Crippen LogP contribution in [0, 0.1) is 11.7 Å². The Kier molecular flexibility index (Phi) is 7.29. The first kappa shape index (κ1) is 16.9. The zero-order valence-corrected chi connectivity index (χ0v) is 13.6. The molecule has 1 unspecified atom stereocenters. The van der Waals surface area contributed by atoms with E-state index in [2.05, 4.69) is 26.1 Å². The Morgan fingerprint density at radius 3 is 2.95 bits per heavy atom. The minimum Gasteiger partial charge on any atom is -0.319 e. The Labute approximate surface area is 129 Å². The molecule has 1 heterocycles. The minimum atomic E-state index is -0.111. The van der Waals surface area contributed by atoms with Gasteiger partial charge in [-0.05, 0) is 51.0 Å². The lowest BCUT2D eigenvalue weighted by molar-refractivity contribution is 0.165. The van der Waals surface area contributed by atoms with Crippen LogP contribution >= 0.6 is 28.3 Å². The van der Waals surface area contributed by atoms with Gasteiger partial charge in [-0.3, -0.25) is 4.90 Å². The van der Waals surface area contributed by atoms with E-state index < -0.39 is 0 Å². The molecule has 19 heavy (non-hydrogen) atoms. The standard InChI is InChI=1S/C14H20BrFN2.ClH/c1-17-8-11-3-2-6-18(9-11)10-12-4-5-13(15)7-14(12)16;/h4-5,7,11,17H,2-3,6,8-10H2,1H3;1H. The maximum atomic E-state index is 13.8. The highest BCUT2D eigenvalue weighted by Crippen LogP contribution is 2.21. The number of benzene rings is 1. The van der Waals surface area contributed by atoms with Crippen LogP contribution in [0.25, 0.3) is 0 Å². The van der Waals surface area contributed by atoms with Crippen LogP contribution in [0.5, 0.6) is 0 Å². The first-order chi connectivity index (χ1) is 8.69. The third kappa shape index (κ3) is 5.03. The van der Waals surface area contributed by atoms with Gasteiger partial charge < -0.3 is 5.32 Å². The van der Waals surface area contributed by atoms with Gasteiger partial charge in [0.05, 0.1) is 0 Å². The van der Waals surface area contributed by atoms with Gasteiger partial charge in [-0.1, -0.05) is 22.0 Å². The van der Waals surface area contributed by atoms with Crippen molar-refractivity contribution >= 4 is 28.3 Å². The Balaban J connectivity index is 0.00000180. The molecule has 108 valence electrons. The predicted octanol–water partition coefficient (Wildman–Crippen LogP) is 3.44. The van der Waals surface area contributed by atoms with E-state index in [1.165, 1.54) is 12.8 Å². The van der Waals surface area contributed by atoms with Crippen LogP contribution in [0.4, 0.5) is 4.39 Å². The first-order valence-corrected chi connectivity index (χ1v) is 7.29. The highest BCUT2D eigenvalue weighted by Gasteiger charge is 2.20. The SMILES string of the molecule is CNCC1CCCN(Cc2ccc(Br)cc2F)C1.Cl. The van der Waals surface area contributed by atoms with E-state index >= 15 is 0 Å². The summed E-state index contributed by atoms with van der Waals surface area (Å²) in [4.78, 5) is 2.36. The normalized spacial score (nSPS) is 20.1. The fourth-order valence-corrected chi connectivity index (χ4v) is 2.97. The van der Waals surface area contributed by atoms with E-state index in [-0.39, 0.29) is 18.2 Å². The van der Waals surface area contributed by atoms with Crippen LogP contribution in [-0.4, -0.2) is 31.6 Å². The Morgan fingerprint density at radius 2 is 2.26 bits per heavy atom. The summed E-state index contributed by atoms with van der Waals surface area (Å²) in [5.74, 6) is 0.586. The van der Waals surface area contributed by atoms with Crippen molar-refractivity contribution in [2.45, 2.75) is 19.4 Å². The van der Waals surface area contributed by atoms with Crippen molar-refractivity contribution in [1.82, 2.24) is 10.2 Å². The highest BCUT2D eigenvalue weighted by atomic mass is 79.9. The number of rotatable bonds is 4. The van der Waals surface area contributed by atoms with Crippen molar-refractivity contribution in [2.24, 2.45) is 5.92 Å². The number of hydrogen-bond acceptors (Lipinski definition) is 2. The van der Waals surface area contributed by atoms with E-state index in [1.807, 2.05) is 19.2 Å². The van der Waals surface area contributed by atoms with E-state index in [0.29, 0.717) is 5.92 Å². The van der Waals surface area contributed by atoms with Gasteiger partial charge in [0.15, 0.2) is 0 Å². The molecular formula is C14H21BrClFN2. The number of hydrogen-bond donors (Lipinski definition) is 1. The fourth-order valence-electron chi connectivity index (χ4n) is 2.64. The number of piperidine rings is 1. The molecule has 0 spiro atoms. The van der Waals surface area contributed by atoms with Crippen LogP contribution in [0.2, 0.25) is 0 Å². The molecule has 5 heteroatoms. The summed E-state index contributed by atoms with van der Waals surface area (Å²) in [6, 6.07) is 5.33. The van der Waals surface area contributed by atoms with Crippen molar-refractivity contribution in [1.29, 1.82) is 0 Å². The summed E-state index contributed by atoms with van der Waals surface area (Å²) in [6.07, 6.45) is 2.49. The largest absolute Gasteiger partial charge is 0.319 e. The van der Waals surface area contributed by atoms with Crippen LogP contribution < -0.4 is 5.32 Å². The molecule has 1 atom stereocenters. The number of likely N-dealkylation sites (tertiary alicyclic amines) is 1. The average molecular weight is 352 g/mol. The molecule has 0 amide bonds. The van der Waals surface area contributed by atoms with E-state index in [1.54, 1.807) is 6.07 Å². The van der Waals surface area contributed by atoms with Gasteiger partial charge in [0, 0.05) is 23.1 Å². The Morgan fingerprint density at radius 1 is 1.47 bits per heavy atom. The molecule has 1 aromatic carbocycles. The maximum Gasteiger partial charge on any atom is 0.128 e. The maximum absolute atomic E-state index is 13.8. The third-order valence-electron chi connectivity index (χ3n) is 3.50. The Hall–Kier alpha value is -0.160. The molecule has 1 aliphatic heterocycles. The molecule has 0 saturated carbocycles. The second kappa shape index (κ2) is 8.20. The Bertz CT molecular complexity index is 401. The van der Waals surface area contributed by atoms with Gasteiger partial charge in [0.25, 0.3) is 0 Å². The summed E-state index contributed by atoms with van der Waals surface area (Å²) < 4.78 is 14.6. The highest BCUT2D eigenvalue weighted by molar-refractivity contribution is 9.10. The van der Waals surface area contributed by atoms with Crippen molar-refractivity contribution in [3.63, 3.8) is 0 Å². The summed E-state index contributed by atoms with van der Waals surface area (Å²) >= 11 is 3.29. The lowest BCUT2D eigenvalue weighted by atomic mass is 9.97. The van der Waals surface area contributed by atoms with Crippen molar-refractivity contribution in [3.05, 3.63) is 34.1 Å². The molecule has 1 fully saturated rings. The third-order valence-corrected chi connectivity index (χ3v) is 4.00. The average Bonchev–Trinajstić information content (AvgIpc) is 2.34. The molecule has 1 aliphatic rings. The summed E-state index contributed by atoms with van der Waals surface area (Å²) in [7, 11) is 1.99. The fraction of sp³-hybridized carbons (Fsp3) is 0.571. The lowest BCUT2D eigenvalue weighted by Crippen LogP contribution is -2.38. The minimum absolute atomic E-state index is 0. The quantitative estimate of drug-likeness (QED) is 0.894. The second-order valence-corrected chi connectivity index (χ2v) is 5.95. The monoisotopic (exact) mass is 350 g/mol. The summed E-state index contributed by atoms with van der Waals surface area (Å²) in [6.45, 7) is 3.92. The van der Waals surface area contributed by atoms with Crippen LogP contribution in [0.15, 0.2) is 22.7 Å². The number of nitrogens with zero attached hydrogens (tertiary/aromatic N) is 1. The molecule has 0 aromatic heterocycles. The van der Waals surface area contributed by atoms with Gasteiger partial charge >= 0.3 is 0 Å². The molecule has 0 aliphatic carbocycles. The smallest absolute Gasteiger partial charge is 0.128 e. The van der Waals surface area contributed by atoms with Gasteiger partial charge in [-0.15, -0.1) is 12.4 Å². The van der Waals surface area contributed by atoms with Crippen LogP contribution in [0.3, 0.4) is 0 Å². The predicted molar refractivity (Wildman–Crippen MR) is 83.3 cm³/mol. The van der Waals surface area contributed by atoms with Crippen molar-refractivity contribution in [2.75, 3.05) is 26.7 Å². The molecule has 1 aromatic rings. The number of nitrogens with one attached hydrogen (secondary N) is 1. The topological polar surface area (TPSA) is 15.3 Å². The molecule has 0 bridgehead atoms. The second-order valence-electron chi connectivity index (χ2n) is 5.04. The molecule has 2 nitrogen and oxygen atoms in total. The number of halogens is 3. The van der Waals surface area contributed by atoms with Crippen molar-refractivity contribution < 1.29 is 4.39 Å². The van der Waals surface area contributed by atoms with Crippen LogP contribution in [-0.2, 0) is 6.54 Å². The summed E-state index contributed by atoms with van der Waals surface area (Å²) in [5.41, 5.74) is 0.795. The molecule has 2 rings (SSSR count). The van der Waals surface area contributed by atoms with Gasteiger partial charge in [0.2, 0.25) is 0 Å². The van der Waals surface area contributed by atoms with Crippen LogP contribution in [0.1, 0.15) is 18.4 Å². The zero-order chi connectivity index (χ0) is 13.0. The first-order valence-electron chi connectivity index (χ1n) is 6.50. The zero-order valence-electron chi connectivity index (χ0n) is 11.2. The molecule has 1 N–H and O–H groups in total. The lowest BCUT2D eigenvalue weighted by Gasteiger charge is -2.32. The van der Waals surface area contributed by atoms with E-state index in [0.717, 1.165) is 36.2 Å². The van der Waals surface area contributed by atoms with Crippen molar-refractivity contribution in [3.8, 4) is 0 Å². The van der Waals surface area contributed by atoms with Gasteiger partial charge in [-0.2, -0.15) is 0 Å². The molecule has 0 radical (unpaired) electrons. The summed E-state index contributed by atoms with van der Waals surface area (Å²) in [5, 5.41) is 3.23. The molecule has 1 saturated heterocycles.